The summed E-state index contributed by atoms with van der Waals surface area (Å²) in [5.41, 5.74) is -0.794. The van der Waals surface area contributed by atoms with Crippen LogP contribution in [-0.4, -0.2) is 60.0 Å². The summed E-state index contributed by atoms with van der Waals surface area (Å²) in [5, 5.41) is 9.97. The Bertz CT molecular complexity index is 985. The number of hydrogen-bond donors (Lipinski definition) is 2. The normalized spacial score (nSPS) is 22.6. The van der Waals surface area contributed by atoms with Gasteiger partial charge in [0.25, 0.3) is 5.91 Å². The van der Waals surface area contributed by atoms with Gasteiger partial charge in [0.15, 0.2) is 15.3 Å². The number of aromatic nitrogens is 1. The van der Waals surface area contributed by atoms with Crippen molar-refractivity contribution in [1.82, 2.24) is 9.88 Å². The summed E-state index contributed by atoms with van der Waals surface area (Å²) in [7, 11) is -2.10. The summed E-state index contributed by atoms with van der Waals surface area (Å²) < 4.78 is 37.0. The number of fused-ring (bicyclic) bond motifs is 1. The third-order valence-corrected chi connectivity index (χ3v) is 5.85. The van der Waals surface area contributed by atoms with E-state index in [4.69, 9.17) is 0 Å². The Morgan fingerprint density at radius 3 is 2.71 bits per heavy atom. The number of H-pyrrole nitrogens is 1. The molecule has 3 rings (SSSR count). The fourth-order valence-corrected chi connectivity index (χ4v) is 4.72. The number of amides is 1. The van der Waals surface area contributed by atoms with Gasteiger partial charge >= 0.3 is 0 Å². The minimum atomic E-state index is -3.43. The number of aromatic amines is 1. The summed E-state index contributed by atoms with van der Waals surface area (Å²) in [6.07, 6.45) is -1.20. The van der Waals surface area contributed by atoms with E-state index < -0.39 is 44.9 Å². The van der Waals surface area contributed by atoms with Gasteiger partial charge < -0.3 is 15.0 Å². The average Bonchev–Trinajstić information content (AvgIpc) is 2.79. The van der Waals surface area contributed by atoms with Crippen molar-refractivity contribution in [2.75, 3.05) is 18.6 Å². The quantitative estimate of drug-likeness (QED) is 0.783. The molecule has 24 heavy (non-hydrogen) atoms. The molecular weight excluding hydrogens is 339 g/mol. The number of aliphatic hydroxyl groups excluding tert-OH is 1. The first-order valence-electron chi connectivity index (χ1n) is 7.17. The molecule has 2 heterocycles. The van der Waals surface area contributed by atoms with Crippen LogP contribution in [0.2, 0.25) is 0 Å². The van der Waals surface area contributed by atoms with Gasteiger partial charge in [-0.25, -0.2) is 12.8 Å². The summed E-state index contributed by atoms with van der Waals surface area (Å²) >= 11 is 0. The number of likely N-dealkylation sites (N-methyl/N-ethyl adjacent to an activating group) is 1. The van der Waals surface area contributed by atoms with Crippen LogP contribution in [0.4, 0.5) is 4.39 Å². The summed E-state index contributed by atoms with van der Waals surface area (Å²) in [4.78, 5) is 28.2. The summed E-state index contributed by atoms with van der Waals surface area (Å²) in [6, 6.07) is 4.10. The van der Waals surface area contributed by atoms with Crippen molar-refractivity contribution < 1.29 is 22.7 Å². The van der Waals surface area contributed by atoms with E-state index in [1.165, 1.54) is 19.2 Å². The van der Waals surface area contributed by atoms with Crippen LogP contribution in [0.3, 0.4) is 0 Å². The van der Waals surface area contributed by atoms with Crippen molar-refractivity contribution in [2.45, 2.75) is 12.1 Å². The lowest BCUT2D eigenvalue weighted by molar-refractivity contribution is 0.0576. The third kappa shape index (κ3) is 2.80. The highest BCUT2D eigenvalue weighted by molar-refractivity contribution is 7.91. The number of nitrogens with zero attached hydrogens (tertiary/aromatic N) is 1. The second kappa shape index (κ2) is 5.67. The fraction of sp³-hybridized carbons (Fsp3) is 0.333. The minimum Gasteiger partial charge on any atom is -0.390 e. The predicted octanol–water partition coefficient (Wildman–Crippen LogP) is -0.103. The van der Waals surface area contributed by atoms with Gasteiger partial charge in [-0.2, -0.15) is 0 Å². The number of carbonyl (C=O) groups excluding carboxylic acids is 1. The predicted molar refractivity (Wildman–Crippen MR) is 85.1 cm³/mol. The van der Waals surface area contributed by atoms with E-state index in [-0.39, 0.29) is 22.3 Å². The maximum atomic E-state index is 13.9. The summed E-state index contributed by atoms with van der Waals surface area (Å²) in [6.45, 7) is 0. The van der Waals surface area contributed by atoms with E-state index >= 15 is 0 Å². The van der Waals surface area contributed by atoms with Crippen LogP contribution in [0.15, 0.2) is 29.1 Å². The van der Waals surface area contributed by atoms with E-state index in [1.54, 1.807) is 0 Å². The third-order valence-electron chi connectivity index (χ3n) is 4.16. The zero-order valence-electron chi connectivity index (χ0n) is 12.7. The number of aliphatic hydroxyl groups is 1. The molecular formula is C15H15FN2O5S. The highest BCUT2D eigenvalue weighted by atomic mass is 32.2. The van der Waals surface area contributed by atoms with Gasteiger partial charge in [-0.1, -0.05) is 6.07 Å². The van der Waals surface area contributed by atoms with Crippen LogP contribution in [-0.2, 0) is 9.84 Å². The number of carbonyl (C=O) groups is 1. The lowest BCUT2D eigenvalue weighted by Crippen LogP contribution is -2.44. The molecule has 1 saturated heterocycles. The van der Waals surface area contributed by atoms with Crippen molar-refractivity contribution in [3.05, 3.63) is 46.0 Å². The van der Waals surface area contributed by atoms with Crippen molar-refractivity contribution >= 4 is 26.6 Å². The molecule has 0 saturated carbocycles. The smallest absolute Gasteiger partial charge is 0.270 e. The Morgan fingerprint density at radius 2 is 2.08 bits per heavy atom. The van der Waals surface area contributed by atoms with Crippen LogP contribution in [0.25, 0.3) is 10.9 Å². The van der Waals surface area contributed by atoms with Gasteiger partial charge in [0.05, 0.1) is 29.2 Å². The fourth-order valence-electron chi connectivity index (χ4n) is 2.87. The molecule has 1 amide bonds. The minimum absolute atomic E-state index is 0.0960. The molecule has 1 fully saturated rings. The molecule has 7 nitrogen and oxygen atoms in total. The molecule has 2 aromatic rings. The first kappa shape index (κ1) is 16.6. The number of nitrogens with one attached hydrogen (secondary N) is 1. The number of para-hydroxylation sites is 1. The molecule has 128 valence electrons. The number of sulfone groups is 1. The van der Waals surface area contributed by atoms with Gasteiger partial charge in [-0.15, -0.1) is 0 Å². The molecule has 1 aliphatic rings. The average molecular weight is 354 g/mol. The Hall–Kier alpha value is -2.26. The number of pyridine rings is 1. The van der Waals surface area contributed by atoms with Crippen molar-refractivity contribution in [2.24, 2.45) is 0 Å². The Morgan fingerprint density at radius 1 is 1.38 bits per heavy atom. The molecule has 2 N–H and O–H groups in total. The molecule has 9 heteroatoms. The van der Waals surface area contributed by atoms with Crippen LogP contribution in [0.5, 0.6) is 0 Å². The number of halogens is 1. The second-order valence-corrected chi connectivity index (χ2v) is 7.99. The van der Waals surface area contributed by atoms with E-state index in [0.717, 1.165) is 17.0 Å². The van der Waals surface area contributed by atoms with Crippen LogP contribution in [0, 0.1) is 5.82 Å². The van der Waals surface area contributed by atoms with E-state index in [0.29, 0.717) is 0 Å². The lowest BCUT2D eigenvalue weighted by Gasteiger charge is -2.26. The van der Waals surface area contributed by atoms with Gasteiger partial charge in [-0.05, 0) is 12.1 Å². The lowest BCUT2D eigenvalue weighted by atomic mass is 10.1. The van der Waals surface area contributed by atoms with Crippen molar-refractivity contribution in [3.63, 3.8) is 0 Å². The monoisotopic (exact) mass is 354 g/mol. The molecule has 1 aromatic heterocycles. The van der Waals surface area contributed by atoms with Gasteiger partial charge in [-0.3, -0.25) is 9.59 Å². The molecule has 1 aliphatic heterocycles. The van der Waals surface area contributed by atoms with E-state index in [1.807, 2.05) is 0 Å². The van der Waals surface area contributed by atoms with Gasteiger partial charge in [0, 0.05) is 18.5 Å². The zero-order valence-corrected chi connectivity index (χ0v) is 13.5. The maximum Gasteiger partial charge on any atom is 0.270 e. The molecule has 0 unspecified atom stereocenters. The Balaban J connectivity index is 2.00. The number of hydrogen-bond acceptors (Lipinski definition) is 5. The highest BCUT2D eigenvalue weighted by Crippen LogP contribution is 2.19. The standard InChI is InChI=1S/C15H15FN2O5S/c1-18(11-6-24(22,23)7-13(11)20)15(21)10-5-12(19)8-3-2-4-9(16)14(8)17-10/h2-5,11,13,20H,6-7H2,1H3,(H,17,19)/t11-,13-/m1/s1. The van der Waals surface area contributed by atoms with Crippen LogP contribution >= 0.6 is 0 Å². The van der Waals surface area contributed by atoms with Crippen LogP contribution < -0.4 is 5.43 Å². The zero-order chi connectivity index (χ0) is 17.6. The highest BCUT2D eigenvalue weighted by Gasteiger charge is 2.40. The molecule has 2 atom stereocenters. The van der Waals surface area contributed by atoms with E-state index in [9.17, 15) is 27.5 Å². The molecule has 0 bridgehead atoms. The topological polar surface area (TPSA) is 108 Å². The van der Waals surface area contributed by atoms with Crippen molar-refractivity contribution in [3.8, 4) is 0 Å². The van der Waals surface area contributed by atoms with Crippen LogP contribution in [0.1, 0.15) is 10.5 Å². The molecule has 1 aromatic carbocycles. The van der Waals surface area contributed by atoms with Gasteiger partial charge in [0.1, 0.15) is 11.5 Å². The van der Waals surface area contributed by atoms with Crippen molar-refractivity contribution in [1.29, 1.82) is 0 Å². The SMILES string of the molecule is CN(C(=O)c1cc(=O)c2cccc(F)c2[nH]1)[C@@H]1CS(=O)(=O)C[C@H]1O. The van der Waals surface area contributed by atoms with E-state index in [2.05, 4.69) is 4.98 Å². The Labute approximate surface area is 136 Å². The Kier molecular flexibility index (Phi) is 3.92. The largest absolute Gasteiger partial charge is 0.390 e. The first-order chi connectivity index (χ1) is 11.2. The number of rotatable bonds is 2. The van der Waals surface area contributed by atoms with Gasteiger partial charge in [0.2, 0.25) is 0 Å². The number of benzene rings is 1. The summed E-state index contributed by atoms with van der Waals surface area (Å²) in [5.74, 6) is -2.15. The molecule has 0 radical (unpaired) electrons. The molecule has 0 spiro atoms. The first-order valence-corrected chi connectivity index (χ1v) is 8.99. The second-order valence-electron chi connectivity index (χ2n) is 5.84. The maximum absolute atomic E-state index is 13.9. The molecule has 0 aliphatic carbocycles.